The third kappa shape index (κ3) is 4.01. The summed E-state index contributed by atoms with van der Waals surface area (Å²) in [6.07, 6.45) is 4.64. The molecule has 5 heteroatoms. The van der Waals surface area contributed by atoms with E-state index in [0.717, 1.165) is 57.7 Å². The number of nitrogens with zero attached hydrogens (tertiary/aromatic N) is 3. The first kappa shape index (κ1) is 17.1. The van der Waals surface area contributed by atoms with Crippen LogP contribution in [0.3, 0.4) is 0 Å². The Morgan fingerprint density at radius 1 is 1.08 bits per heavy atom. The molecule has 1 N–H and O–H groups in total. The number of rotatable bonds is 4. The van der Waals surface area contributed by atoms with Gasteiger partial charge in [-0.1, -0.05) is 6.92 Å². The van der Waals surface area contributed by atoms with E-state index in [-0.39, 0.29) is 0 Å². The van der Waals surface area contributed by atoms with Gasteiger partial charge in [0.2, 0.25) is 5.91 Å². The lowest BCUT2D eigenvalue weighted by molar-refractivity contribution is -0.136. The summed E-state index contributed by atoms with van der Waals surface area (Å²) in [6, 6.07) is 7.81. The van der Waals surface area contributed by atoms with E-state index in [4.69, 9.17) is 0 Å². The Kier molecular flexibility index (Phi) is 5.61. The van der Waals surface area contributed by atoms with Crippen molar-refractivity contribution >= 4 is 11.6 Å². The van der Waals surface area contributed by atoms with Crippen LogP contribution in [0.2, 0.25) is 0 Å². The van der Waals surface area contributed by atoms with E-state index in [2.05, 4.69) is 21.6 Å². The van der Waals surface area contributed by atoms with Crippen LogP contribution in [0, 0.1) is 0 Å². The number of benzene rings is 1. The van der Waals surface area contributed by atoms with Crippen molar-refractivity contribution in [1.82, 2.24) is 9.80 Å². The fourth-order valence-electron chi connectivity index (χ4n) is 3.86. The molecule has 0 spiro atoms. The van der Waals surface area contributed by atoms with Gasteiger partial charge in [-0.2, -0.15) is 0 Å². The molecule has 1 aromatic rings. The number of carbonyl (C=O) groups excluding carboxylic acids is 1. The normalized spacial score (nSPS) is 22.6. The van der Waals surface area contributed by atoms with Crippen LogP contribution in [0.4, 0.5) is 5.69 Å². The lowest BCUT2D eigenvalue weighted by Gasteiger charge is -2.39. The topological polar surface area (TPSA) is 47.0 Å². The Morgan fingerprint density at radius 2 is 1.79 bits per heavy atom. The number of amides is 1. The number of likely N-dealkylation sites (tertiary alicyclic amines) is 1. The summed E-state index contributed by atoms with van der Waals surface area (Å²) in [7, 11) is 0. The third-order valence-electron chi connectivity index (χ3n) is 5.36. The molecule has 2 fully saturated rings. The number of phenols is 1. The summed E-state index contributed by atoms with van der Waals surface area (Å²) in [6.45, 7) is 7.36. The van der Waals surface area contributed by atoms with Crippen LogP contribution in [0.5, 0.6) is 5.75 Å². The summed E-state index contributed by atoms with van der Waals surface area (Å²) in [5.74, 6) is 0.606. The maximum atomic E-state index is 12.7. The Balaban J connectivity index is 1.49. The van der Waals surface area contributed by atoms with Gasteiger partial charge in [-0.15, -0.1) is 0 Å². The van der Waals surface area contributed by atoms with Gasteiger partial charge in [-0.25, -0.2) is 0 Å². The number of phenolic OH excluding ortho intramolecular Hbond substituents is 1. The van der Waals surface area contributed by atoms with Gasteiger partial charge >= 0.3 is 0 Å². The number of aromatic hydroxyl groups is 1. The zero-order chi connectivity index (χ0) is 16.9. The molecule has 2 saturated heterocycles. The van der Waals surface area contributed by atoms with Gasteiger partial charge in [-0.05, 0) is 49.9 Å². The number of anilines is 1. The lowest BCUT2D eigenvalue weighted by Crippen LogP contribution is -2.52. The second-order valence-corrected chi connectivity index (χ2v) is 6.92. The molecule has 1 amide bonds. The van der Waals surface area contributed by atoms with Gasteiger partial charge in [0, 0.05) is 44.5 Å². The monoisotopic (exact) mass is 331 g/mol. The van der Waals surface area contributed by atoms with Gasteiger partial charge in [0.15, 0.2) is 0 Å². The molecule has 0 radical (unpaired) electrons. The average molecular weight is 331 g/mol. The van der Waals surface area contributed by atoms with Crippen LogP contribution < -0.4 is 4.90 Å². The summed E-state index contributed by atoms with van der Waals surface area (Å²) in [4.78, 5) is 19.4. The fourth-order valence-corrected chi connectivity index (χ4v) is 3.86. The van der Waals surface area contributed by atoms with Crippen molar-refractivity contribution in [3.8, 4) is 5.75 Å². The molecule has 1 atom stereocenters. The molecule has 1 aromatic carbocycles. The van der Waals surface area contributed by atoms with E-state index in [9.17, 15) is 9.90 Å². The minimum Gasteiger partial charge on any atom is -0.508 e. The fraction of sp³-hybridized carbons (Fsp3) is 0.632. The van der Waals surface area contributed by atoms with Crippen molar-refractivity contribution < 1.29 is 9.90 Å². The predicted molar refractivity (Wildman–Crippen MR) is 96.4 cm³/mol. The Hall–Kier alpha value is -1.75. The average Bonchev–Trinajstić information content (AvgIpc) is 2.63. The molecule has 5 nitrogen and oxygen atoms in total. The summed E-state index contributed by atoms with van der Waals surface area (Å²) >= 11 is 0. The summed E-state index contributed by atoms with van der Waals surface area (Å²) in [5.41, 5.74) is 1.14. The molecule has 24 heavy (non-hydrogen) atoms. The van der Waals surface area contributed by atoms with Crippen molar-refractivity contribution in [1.29, 1.82) is 0 Å². The highest BCUT2D eigenvalue weighted by molar-refractivity contribution is 5.78. The number of carbonyl (C=O) groups is 1. The van der Waals surface area contributed by atoms with Crippen LogP contribution in [0.1, 0.15) is 32.6 Å². The predicted octanol–water partition coefficient (Wildman–Crippen LogP) is 2.31. The molecule has 132 valence electrons. The number of piperazine rings is 1. The summed E-state index contributed by atoms with van der Waals surface area (Å²) < 4.78 is 0. The standard InChI is InChI=1S/C19H29N3O2/c1-2-16-5-3-4-10-22(16)19(24)15-20-11-13-21(14-12-20)17-6-8-18(23)9-7-17/h6-9,16,23H,2-5,10-15H2,1H3. The maximum absolute atomic E-state index is 12.7. The lowest BCUT2D eigenvalue weighted by atomic mass is 10.00. The second-order valence-electron chi connectivity index (χ2n) is 6.92. The molecule has 0 aliphatic carbocycles. The zero-order valence-electron chi connectivity index (χ0n) is 14.7. The summed E-state index contributed by atoms with van der Waals surface area (Å²) in [5, 5.41) is 9.39. The zero-order valence-corrected chi connectivity index (χ0v) is 14.7. The highest BCUT2D eigenvalue weighted by atomic mass is 16.3. The molecule has 1 unspecified atom stereocenters. The number of hydrogen-bond acceptors (Lipinski definition) is 4. The Bertz CT molecular complexity index is 538. The minimum atomic E-state index is 0.301. The van der Waals surface area contributed by atoms with E-state index in [1.165, 1.54) is 6.42 Å². The van der Waals surface area contributed by atoms with Crippen LogP contribution >= 0.6 is 0 Å². The molecular weight excluding hydrogens is 302 g/mol. The first-order valence-corrected chi connectivity index (χ1v) is 9.23. The largest absolute Gasteiger partial charge is 0.508 e. The molecule has 3 rings (SSSR count). The van der Waals surface area contributed by atoms with Crippen LogP contribution in [-0.4, -0.2) is 66.1 Å². The van der Waals surface area contributed by atoms with Gasteiger partial charge < -0.3 is 14.9 Å². The van der Waals surface area contributed by atoms with Crippen LogP contribution in [-0.2, 0) is 4.79 Å². The number of piperidine rings is 1. The van der Waals surface area contributed by atoms with Crippen molar-refractivity contribution in [3.63, 3.8) is 0 Å². The van der Waals surface area contributed by atoms with Gasteiger partial charge in [0.05, 0.1) is 6.54 Å². The second kappa shape index (κ2) is 7.88. The van der Waals surface area contributed by atoms with Gasteiger partial charge in [0.1, 0.15) is 5.75 Å². The van der Waals surface area contributed by atoms with E-state index >= 15 is 0 Å². The maximum Gasteiger partial charge on any atom is 0.236 e. The molecule has 0 bridgehead atoms. The van der Waals surface area contributed by atoms with Gasteiger partial charge in [-0.3, -0.25) is 9.69 Å². The van der Waals surface area contributed by atoms with E-state index in [0.29, 0.717) is 24.2 Å². The Labute approximate surface area is 144 Å². The highest BCUT2D eigenvalue weighted by Gasteiger charge is 2.27. The first-order chi connectivity index (χ1) is 11.7. The van der Waals surface area contributed by atoms with Crippen LogP contribution in [0.25, 0.3) is 0 Å². The molecule has 2 aliphatic heterocycles. The molecule has 0 saturated carbocycles. The van der Waals surface area contributed by atoms with E-state index in [1.54, 1.807) is 12.1 Å². The Morgan fingerprint density at radius 3 is 2.46 bits per heavy atom. The number of hydrogen-bond donors (Lipinski definition) is 1. The van der Waals surface area contributed by atoms with Gasteiger partial charge in [0.25, 0.3) is 0 Å². The molecule has 0 aromatic heterocycles. The third-order valence-corrected chi connectivity index (χ3v) is 5.36. The van der Waals surface area contributed by atoms with Crippen molar-refractivity contribution in [3.05, 3.63) is 24.3 Å². The quantitative estimate of drug-likeness (QED) is 0.920. The molecule has 2 aliphatic rings. The SMILES string of the molecule is CCC1CCCCN1C(=O)CN1CCN(c2ccc(O)cc2)CC1. The first-order valence-electron chi connectivity index (χ1n) is 9.23. The van der Waals surface area contributed by atoms with Crippen LogP contribution in [0.15, 0.2) is 24.3 Å². The smallest absolute Gasteiger partial charge is 0.236 e. The van der Waals surface area contributed by atoms with Crippen molar-refractivity contribution in [2.75, 3.05) is 44.2 Å². The highest BCUT2D eigenvalue weighted by Crippen LogP contribution is 2.21. The van der Waals surface area contributed by atoms with Crippen molar-refractivity contribution in [2.24, 2.45) is 0 Å². The van der Waals surface area contributed by atoms with E-state index < -0.39 is 0 Å². The van der Waals surface area contributed by atoms with E-state index in [1.807, 2.05) is 12.1 Å². The molecule has 2 heterocycles. The van der Waals surface area contributed by atoms with Crippen molar-refractivity contribution in [2.45, 2.75) is 38.6 Å². The molecular formula is C19H29N3O2. The minimum absolute atomic E-state index is 0.301.